The Morgan fingerprint density at radius 2 is 1.48 bits per heavy atom. The number of amides is 2. The molecule has 1 aromatic heterocycles. The van der Waals surface area contributed by atoms with Gasteiger partial charge in [0.15, 0.2) is 0 Å². The van der Waals surface area contributed by atoms with Gasteiger partial charge in [0.05, 0.1) is 23.1 Å². The quantitative estimate of drug-likeness (QED) is 0.434. The summed E-state index contributed by atoms with van der Waals surface area (Å²) < 4.78 is 39.6. The average Bonchev–Trinajstić information content (AvgIpc) is 2.78. The molecule has 3 aromatic carbocycles. The first-order valence-corrected chi connectivity index (χ1v) is 10.0. The summed E-state index contributed by atoms with van der Waals surface area (Å²) in [7, 11) is 0. The lowest BCUT2D eigenvalue weighted by Gasteiger charge is -2.12. The zero-order valence-corrected chi connectivity index (χ0v) is 17.5. The van der Waals surface area contributed by atoms with E-state index in [0.29, 0.717) is 17.9 Å². The Morgan fingerprint density at radius 1 is 0.909 bits per heavy atom. The number of fused-ring (bicyclic) bond motifs is 1. The van der Waals surface area contributed by atoms with E-state index in [1.165, 1.54) is 12.1 Å². The molecule has 2 N–H and O–H groups in total. The van der Waals surface area contributed by atoms with E-state index < -0.39 is 17.8 Å². The van der Waals surface area contributed by atoms with E-state index in [2.05, 4.69) is 15.6 Å². The highest BCUT2D eigenvalue weighted by Gasteiger charge is 2.30. The fraction of sp³-hybridized carbons (Fsp3) is 0.125. The standard InChI is InChI=1S/C24H19F3N4O2/c1-15-22(32)31(21-5-3-2-4-20(21)28-15)14-16-6-10-18(11-7-16)29-23(33)30-19-12-8-17(9-13-19)24(25,26)27/h2-13H,14H2,1H3,(H2,29,30,33). The predicted molar refractivity (Wildman–Crippen MR) is 120 cm³/mol. The topological polar surface area (TPSA) is 76.0 Å². The van der Waals surface area contributed by atoms with Crippen molar-refractivity contribution >= 4 is 28.4 Å². The molecule has 0 radical (unpaired) electrons. The molecule has 168 valence electrons. The van der Waals surface area contributed by atoms with Gasteiger partial charge in [0, 0.05) is 11.4 Å². The van der Waals surface area contributed by atoms with Gasteiger partial charge in [-0.15, -0.1) is 0 Å². The van der Waals surface area contributed by atoms with Crippen molar-refractivity contribution in [3.63, 3.8) is 0 Å². The van der Waals surface area contributed by atoms with Crippen molar-refractivity contribution in [1.82, 2.24) is 9.55 Å². The number of benzene rings is 3. The molecule has 0 unspecified atom stereocenters. The minimum absolute atomic E-state index is 0.174. The number of halogens is 3. The number of rotatable bonds is 4. The van der Waals surface area contributed by atoms with Gasteiger partial charge in [-0.1, -0.05) is 24.3 Å². The van der Waals surface area contributed by atoms with Gasteiger partial charge in [0.2, 0.25) is 0 Å². The highest BCUT2D eigenvalue weighted by molar-refractivity contribution is 5.99. The van der Waals surface area contributed by atoms with Crippen LogP contribution in [-0.4, -0.2) is 15.6 Å². The van der Waals surface area contributed by atoms with Crippen LogP contribution in [0, 0.1) is 6.92 Å². The van der Waals surface area contributed by atoms with Crippen LogP contribution in [-0.2, 0) is 12.7 Å². The van der Waals surface area contributed by atoms with Crippen LogP contribution in [0.3, 0.4) is 0 Å². The second-order valence-electron chi connectivity index (χ2n) is 7.43. The summed E-state index contributed by atoms with van der Waals surface area (Å²) in [5, 5.41) is 5.11. The molecule has 4 aromatic rings. The minimum Gasteiger partial charge on any atom is -0.308 e. The second-order valence-corrected chi connectivity index (χ2v) is 7.43. The van der Waals surface area contributed by atoms with E-state index in [4.69, 9.17) is 0 Å². The van der Waals surface area contributed by atoms with Crippen LogP contribution in [0.2, 0.25) is 0 Å². The molecule has 6 nitrogen and oxygen atoms in total. The van der Waals surface area contributed by atoms with Crippen molar-refractivity contribution < 1.29 is 18.0 Å². The first-order chi connectivity index (χ1) is 15.7. The molecule has 9 heteroatoms. The Hall–Kier alpha value is -4.14. The van der Waals surface area contributed by atoms with E-state index in [-0.39, 0.29) is 11.2 Å². The summed E-state index contributed by atoms with van der Waals surface area (Å²) in [6, 6.07) is 17.9. The Labute approximate surface area is 186 Å². The van der Waals surface area contributed by atoms with Crippen molar-refractivity contribution in [2.45, 2.75) is 19.6 Å². The van der Waals surface area contributed by atoms with Crippen LogP contribution >= 0.6 is 0 Å². The molecule has 0 aliphatic rings. The maximum atomic E-state index is 12.6. The number of carbonyl (C=O) groups excluding carboxylic acids is 1. The molecule has 4 rings (SSSR count). The van der Waals surface area contributed by atoms with Crippen molar-refractivity contribution in [2.75, 3.05) is 10.6 Å². The largest absolute Gasteiger partial charge is 0.416 e. The van der Waals surface area contributed by atoms with Gasteiger partial charge in [-0.3, -0.25) is 4.79 Å². The maximum Gasteiger partial charge on any atom is 0.416 e. The van der Waals surface area contributed by atoms with Crippen LogP contribution in [0.4, 0.5) is 29.3 Å². The van der Waals surface area contributed by atoms with E-state index in [9.17, 15) is 22.8 Å². The number of para-hydroxylation sites is 2. The number of urea groups is 1. The molecular weight excluding hydrogens is 433 g/mol. The normalized spacial score (nSPS) is 11.4. The first-order valence-electron chi connectivity index (χ1n) is 10.0. The number of alkyl halides is 3. The fourth-order valence-electron chi connectivity index (χ4n) is 3.39. The van der Waals surface area contributed by atoms with Crippen LogP contribution in [0.5, 0.6) is 0 Å². The number of anilines is 2. The number of hydrogen-bond acceptors (Lipinski definition) is 3. The Balaban J connectivity index is 1.44. The van der Waals surface area contributed by atoms with Crippen molar-refractivity contribution in [3.8, 4) is 0 Å². The van der Waals surface area contributed by atoms with Crippen LogP contribution < -0.4 is 16.2 Å². The smallest absolute Gasteiger partial charge is 0.308 e. The van der Waals surface area contributed by atoms with E-state index in [0.717, 1.165) is 28.7 Å². The number of aromatic nitrogens is 2. The van der Waals surface area contributed by atoms with Crippen LogP contribution in [0.1, 0.15) is 16.8 Å². The van der Waals surface area contributed by atoms with Crippen LogP contribution in [0.15, 0.2) is 77.6 Å². The van der Waals surface area contributed by atoms with Gasteiger partial charge in [-0.2, -0.15) is 13.2 Å². The number of nitrogens with zero attached hydrogens (tertiary/aromatic N) is 2. The van der Waals surface area contributed by atoms with E-state index in [1.54, 1.807) is 35.8 Å². The van der Waals surface area contributed by atoms with Crippen molar-refractivity contribution in [2.24, 2.45) is 0 Å². The number of carbonyl (C=O) groups is 1. The van der Waals surface area contributed by atoms with Crippen LogP contribution in [0.25, 0.3) is 11.0 Å². The Morgan fingerprint density at radius 3 is 2.09 bits per heavy atom. The summed E-state index contributed by atoms with van der Waals surface area (Å²) in [4.78, 5) is 29.1. The zero-order valence-electron chi connectivity index (χ0n) is 17.5. The summed E-state index contributed by atoms with van der Waals surface area (Å²) in [5.41, 5.74) is 2.47. The van der Waals surface area contributed by atoms with Crippen molar-refractivity contribution in [3.05, 3.63) is 100.0 Å². The zero-order chi connectivity index (χ0) is 23.6. The van der Waals surface area contributed by atoms with Crippen molar-refractivity contribution in [1.29, 1.82) is 0 Å². The van der Waals surface area contributed by atoms with Gasteiger partial charge in [0.25, 0.3) is 5.56 Å². The maximum absolute atomic E-state index is 12.6. The third kappa shape index (κ3) is 5.03. The molecule has 1 heterocycles. The Kier molecular flexibility index (Phi) is 5.87. The summed E-state index contributed by atoms with van der Waals surface area (Å²) in [6.07, 6.45) is -4.44. The summed E-state index contributed by atoms with van der Waals surface area (Å²) in [6.45, 7) is 2.01. The monoisotopic (exact) mass is 452 g/mol. The first kappa shape index (κ1) is 22.1. The second kappa shape index (κ2) is 8.78. The summed E-state index contributed by atoms with van der Waals surface area (Å²) in [5.74, 6) is 0. The lowest BCUT2D eigenvalue weighted by atomic mass is 10.2. The molecule has 2 amide bonds. The highest BCUT2D eigenvalue weighted by atomic mass is 19.4. The van der Waals surface area contributed by atoms with Gasteiger partial charge >= 0.3 is 12.2 Å². The predicted octanol–water partition coefficient (Wildman–Crippen LogP) is 5.42. The molecule has 0 aliphatic carbocycles. The highest BCUT2D eigenvalue weighted by Crippen LogP contribution is 2.29. The lowest BCUT2D eigenvalue weighted by Crippen LogP contribution is -2.24. The molecule has 0 fully saturated rings. The third-order valence-corrected chi connectivity index (χ3v) is 5.04. The molecule has 0 saturated carbocycles. The van der Waals surface area contributed by atoms with Gasteiger partial charge in [-0.05, 0) is 61.0 Å². The molecule has 0 atom stereocenters. The SMILES string of the molecule is Cc1nc2ccccc2n(Cc2ccc(NC(=O)Nc3ccc(C(F)(F)F)cc3)cc2)c1=O. The molecular formula is C24H19F3N4O2. The van der Waals surface area contributed by atoms with Gasteiger partial charge in [-0.25, -0.2) is 9.78 Å². The van der Waals surface area contributed by atoms with E-state index >= 15 is 0 Å². The fourth-order valence-corrected chi connectivity index (χ4v) is 3.39. The molecule has 0 aliphatic heterocycles. The molecule has 0 bridgehead atoms. The van der Waals surface area contributed by atoms with Gasteiger partial charge in [0.1, 0.15) is 5.69 Å². The molecule has 0 saturated heterocycles. The third-order valence-electron chi connectivity index (χ3n) is 5.04. The molecule has 33 heavy (non-hydrogen) atoms. The number of aryl methyl sites for hydroxylation is 1. The van der Waals surface area contributed by atoms with E-state index in [1.807, 2.05) is 24.3 Å². The number of nitrogens with one attached hydrogen (secondary N) is 2. The average molecular weight is 452 g/mol. The Bertz CT molecular complexity index is 1360. The lowest BCUT2D eigenvalue weighted by molar-refractivity contribution is -0.137. The van der Waals surface area contributed by atoms with Gasteiger partial charge < -0.3 is 15.2 Å². The minimum atomic E-state index is -4.44. The molecule has 0 spiro atoms. The summed E-state index contributed by atoms with van der Waals surface area (Å²) >= 11 is 0. The number of hydrogen-bond donors (Lipinski definition) is 2.